The minimum Gasteiger partial charge on any atom is -0.488 e. The van der Waals surface area contributed by atoms with Gasteiger partial charge < -0.3 is 24.1 Å². The van der Waals surface area contributed by atoms with Crippen molar-refractivity contribution in [3.63, 3.8) is 0 Å². The lowest BCUT2D eigenvalue weighted by atomic mass is 9.94. The van der Waals surface area contributed by atoms with Gasteiger partial charge in [-0.15, -0.1) is 0 Å². The van der Waals surface area contributed by atoms with E-state index in [0.717, 1.165) is 0 Å². The normalized spacial score (nSPS) is 18.3. The van der Waals surface area contributed by atoms with E-state index < -0.39 is 49.7 Å². The largest absolute Gasteiger partial charge is 0.488 e. The SMILES string of the molecule is CCO[C@@H](Cc1ccc(OCC=CC#CC2(OCC(F)(F)F)C=CC=C(OCC(F)(F)F)C2)c(Cl)c1)C(=O)O. The van der Waals surface area contributed by atoms with E-state index in [1.807, 2.05) is 0 Å². The highest BCUT2D eigenvalue weighted by atomic mass is 35.5. The van der Waals surface area contributed by atoms with Gasteiger partial charge in [0.15, 0.2) is 18.3 Å². The molecule has 2 rings (SSSR count). The lowest BCUT2D eigenvalue weighted by Crippen LogP contribution is -2.35. The van der Waals surface area contributed by atoms with Crippen LogP contribution in [0.2, 0.25) is 5.02 Å². The number of alkyl halides is 6. The van der Waals surface area contributed by atoms with Gasteiger partial charge in [0.1, 0.15) is 24.7 Å². The number of hydrogen-bond acceptors (Lipinski definition) is 5. The van der Waals surface area contributed by atoms with E-state index in [1.165, 1.54) is 30.4 Å². The molecule has 1 aliphatic rings. The molecular weight excluding hydrogens is 558 g/mol. The summed E-state index contributed by atoms with van der Waals surface area (Å²) in [7, 11) is 0. The first-order valence-electron chi connectivity index (χ1n) is 11.4. The number of halogens is 7. The summed E-state index contributed by atoms with van der Waals surface area (Å²) < 4.78 is 96.0. The Balaban J connectivity index is 2.02. The highest BCUT2D eigenvalue weighted by molar-refractivity contribution is 6.32. The van der Waals surface area contributed by atoms with Crippen LogP contribution in [0.4, 0.5) is 26.3 Å². The molecule has 0 heterocycles. The van der Waals surface area contributed by atoms with Crippen LogP contribution in [0.15, 0.2) is 54.3 Å². The third-order valence-corrected chi connectivity index (χ3v) is 5.18. The Morgan fingerprint density at radius 2 is 1.90 bits per heavy atom. The minimum atomic E-state index is -4.69. The zero-order valence-electron chi connectivity index (χ0n) is 20.6. The summed E-state index contributed by atoms with van der Waals surface area (Å²) in [6, 6.07) is 4.71. The van der Waals surface area contributed by atoms with Gasteiger partial charge >= 0.3 is 18.3 Å². The third kappa shape index (κ3) is 12.1. The molecular formula is C26H25ClF6O6. The highest BCUT2D eigenvalue weighted by Crippen LogP contribution is 2.31. The summed E-state index contributed by atoms with van der Waals surface area (Å²) in [5, 5.41) is 9.41. The molecule has 13 heteroatoms. The standard InChI is InChI=1S/C26H25ClF6O6/c1-2-36-22(23(34)35)14-18-8-9-21(20(27)13-18)37-12-5-3-4-10-24(39-17-26(31,32)33)11-6-7-19(15-24)38-16-25(28,29)30/h3,5-9,11,13,22H,2,12,14-17H2,1H3,(H,34,35)/t22-,24?/m0/s1. The fourth-order valence-electron chi connectivity index (χ4n) is 3.22. The predicted molar refractivity (Wildman–Crippen MR) is 129 cm³/mol. The van der Waals surface area contributed by atoms with E-state index in [-0.39, 0.29) is 36.2 Å². The maximum absolute atomic E-state index is 12.8. The summed E-state index contributed by atoms with van der Waals surface area (Å²) in [5.41, 5.74) is -1.24. The number of allylic oxidation sites excluding steroid dienone is 3. The van der Waals surface area contributed by atoms with Crippen molar-refractivity contribution in [1.82, 2.24) is 0 Å². The van der Waals surface area contributed by atoms with E-state index in [4.69, 9.17) is 25.8 Å². The Morgan fingerprint density at radius 3 is 2.51 bits per heavy atom. The van der Waals surface area contributed by atoms with Crippen LogP contribution in [-0.4, -0.2) is 61.6 Å². The molecule has 39 heavy (non-hydrogen) atoms. The molecule has 0 aliphatic heterocycles. The second-order valence-electron chi connectivity index (χ2n) is 8.10. The van der Waals surface area contributed by atoms with Crippen molar-refractivity contribution in [2.45, 2.75) is 43.8 Å². The van der Waals surface area contributed by atoms with Gasteiger partial charge in [0.25, 0.3) is 0 Å². The van der Waals surface area contributed by atoms with Crippen molar-refractivity contribution in [2.24, 2.45) is 0 Å². The molecule has 0 saturated heterocycles. The van der Waals surface area contributed by atoms with Crippen LogP contribution in [0.5, 0.6) is 5.75 Å². The number of carbonyl (C=O) groups is 1. The third-order valence-electron chi connectivity index (χ3n) is 4.88. The first-order chi connectivity index (χ1) is 18.2. The zero-order valence-corrected chi connectivity index (χ0v) is 21.3. The maximum Gasteiger partial charge on any atom is 0.422 e. The van der Waals surface area contributed by atoms with Crippen LogP contribution >= 0.6 is 11.6 Å². The fourth-order valence-corrected chi connectivity index (χ4v) is 3.48. The molecule has 0 radical (unpaired) electrons. The highest BCUT2D eigenvalue weighted by Gasteiger charge is 2.37. The fraction of sp³-hybridized carbons (Fsp3) is 0.423. The molecule has 2 atom stereocenters. The summed E-state index contributed by atoms with van der Waals surface area (Å²) in [6.45, 7) is -1.39. The second-order valence-corrected chi connectivity index (χ2v) is 8.51. The van der Waals surface area contributed by atoms with Crippen molar-refractivity contribution in [2.75, 3.05) is 26.4 Å². The van der Waals surface area contributed by atoms with Crippen molar-refractivity contribution >= 4 is 17.6 Å². The lowest BCUT2D eigenvalue weighted by molar-refractivity contribution is -0.191. The lowest BCUT2D eigenvalue weighted by Gasteiger charge is -2.29. The number of benzene rings is 1. The van der Waals surface area contributed by atoms with Crippen LogP contribution in [0.1, 0.15) is 18.9 Å². The van der Waals surface area contributed by atoms with Gasteiger partial charge in [-0.2, -0.15) is 26.3 Å². The summed E-state index contributed by atoms with van der Waals surface area (Å²) in [6.07, 6.45) is -4.36. The number of rotatable bonds is 12. The van der Waals surface area contributed by atoms with Gasteiger partial charge in [0.05, 0.1) is 5.02 Å². The molecule has 1 aromatic rings. The molecule has 1 aromatic carbocycles. The van der Waals surface area contributed by atoms with Gasteiger partial charge in [-0.1, -0.05) is 35.6 Å². The molecule has 0 aromatic heterocycles. The molecule has 0 amide bonds. The van der Waals surface area contributed by atoms with Gasteiger partial charge in [0, 0.05) is 19.4 Å². The van der Waals surface area contributed by atoms with Crippen molar-refractivity contribution in [3.05, 3.63) is 64.9 Å². The average molecular weight is 583 g/mol. The van der Waals surface area contributed by atoms with Crippen LogP contribution in [-0.2, 0) is 25.4 Å². The topological polar surface area (TPSA) is 74.2 Å². The van der Waals surface area contributed by atoms with Crippen LogP contribution < -0.4 is 4.74 Å². The van der Waals surface area contributed by atoms with Gasteiger partial charge in [-0.25, -0.2) is 4.79 Å². The molecule has 1 aliphatic carbocycles. The van der Waals surface area contributed by atoms with E-state index in [9.17, 15) is 36.2 Å². The van der Waals surface area contributed by atoms with E-state index >= 15 is 0 Å². The summed E-state index contributed by atoms with van der Waals surface area (Å²) in [4.78, 5) is 11.2. The second kappa shape index (κ2) is 14.3. The smallest absolute Gasteiger partial charge is 0.422 e. The molecule has 1 unspecified atom stereocenters. The zero-order chi connectivity index (χ0) is 29.1. The maximum atomic E-state index is 12.8. The Bertz CT molecular complexity index is 1130. The van der Waals surface area contributed by atoms with Crippen LogP contribution in [0.25, 0.3) is 0 Å². The summed E-state index contributed by atoms with van der Waals surface area (Å²) >= 11 is 6.20. The van der Waals surface area contributed by atoms with E-state index in [2.05, 4.69) is 16.6 Å². The first kappa shape index (κ1) is 32.1. The van der Waals surface area contributed by atoms with Crippen molar-refractivity contribution in [1.29, 1.82) is 0 Å². The van der Waals surface area contributed by atoms with Crippen molar-refractivity contribution in [3.8, 4) is 17.6 Å². The van der Waals surface area contributed by atoms with E-state index in [0.29, 0.717) is 5.56 Å². The molecule has 0 saturated carbocycles. The minimum absolute atomic E-state index is 0.0312. The number of ether oxygens (including phenoxy) is 4. The number of carboxylic acid groups (broad SMARTS) is 1. The number of hydrogen-bond donors (Lipinski definition) is 1. The molecule has 6 nitrogen and oxygen atoms in total. The van der Waals surface area contributed by atoms with Gasteiger partial charge in [-0.05, 0) is 48.9 Å². The number of carboxylic acids is 1. The van der Waals surface area contributed by atoms with Crippen LogP contribution in [0, 0.1) is 11.8 Å². The van der Waals surface area contributed by atoms with E-state index in [1.54, 1.807) is 25.1 Å². The Kier molecular flexibility index (Phi) is 11.8. The van der Waals surface area contributed by atoms with Crippen LogP contribution in [0.3, 0.4) is 0 Å². The van der Waals surface area contributed by atoms with Gasteiger partial charge in [0.2, 0.25) is 0 Å². The summed E-state index contributed by atoms with van der Waals surface area (Å²) in [5.74, 6) is 3.98. The Labute approximate surface area is 225 Å². The molecule has 1 N–H and O–H groups in total. The quantitative estimate of drug-likeness (QED) is 0.239. The molecule has 0 fully saturated rings. The number of aliphatic carboxylic acids is 1. The molecule has 214 valence electrons. The molecule has 0 bridgehead atoms. The predicted octanol–water partition coefficient (Wildman–Crippen LogP) is 6.05. The Hall–Kier alpha value is -3.14. The molecule has 0 spiro atoms. The van der Waals surface area contributed by atoms with Gasteiger partial charge in [-0.3, -0.25) is 0 Å². The van der Waals surface area contributed by atoms with Crippen molar-refractivity contribution < 1.29 is 55.2 Å². The monoisotopic (exact) mass is 582 g/mol. The Morgan fingerprint density at radius 1 is 1.18 bits per heavy atom. The first-order valence-corrected chi connectivity index (χ1v) is 11.8. The average Bonchev–Trinajstić information content (AvgIpc) is 2.84.